The van der Waals surface area contributed by atoms with E-state index in [1.165, 1.54) is 6.26 Å². The summed E-state index contributed by atoms with van der Waals surface area (Å²) in [6.07, 6.45) is 2.55. The minimum absolute atomic E-state index is 0.249. The van der Waals surface area contributed by atoms with Crippen LogP contribution in [0.2, 0.25) is 0 Å². The van der Waals surface area contributed by atoms with Crippen molar-refractivity contribution in [2.24, 2.45) is 0 Å². The summed E-state index contributed by atoms with van der Waals surface area (Å²) in [4.78, 5) is 23.6. The lowest BCUT2D eigenvalue weighted by atomic mass is 10.7. The standard InChI is InChI=1S/C6H9N3O3S/c1-13(12)3-2-9-6(11)8-5(10)4-7-9/h4H,2-3H2,1H3,(H,8,10,11). The van der Waals surface area contributed by atoms with Crippen molar-refractivity contribution in [2.75, 3.05) is 12.0 Å². The average Bonchev–Trinajstić information content (AvgIpc) is 2.02. The fourth-order valence-electron chi connectivity index (χ4n) is 0.751. The van der Waals surface area contributed by atoms with E-state index < -0.39 is 22.0 Å². The van der Waals surface area contributed by atoms with Crippen molar-refractivity contribution in [3.63, 3.8) is 0 Å². The number of aromatic nitrogens is 3. The molecule has 1 aromatic heterocycles. The van der Waals surface area contributed by atoms with E-state index in [1.807, 2.05) is 0 Å². The van der Waals surface area contributed by atoms with Crippen LogP contribution < -0.4 is 11.2 Å². The summed E-state index contributed by atoms with van der Waals surface area (Å²) in [7, 11) is -0.971. The van der Waals surface area contributed by atoms with Crippen LogP contribution in [0.15, 0.2) is 15.8 Å². The van der Waals surface area contributed by atoms with E-state index in [0.29, 0.717) is 5.75 Å². The predicted octanol–water partition coefficient (Wildman–Crippen LogP) is -1.69. The fraction of sp³-hybridized carbons (Fsp3) is 0.500. The average molecular weight is 203 g/mol. The van der Waals surface area contributed by atoms with Crippen LogP contribution in [-0.2, 0) is 17.3 Å². The van der Waals surface area contributed by atoms with Crippen LogP contribution in [0, 0.1) is 0 Å². The molecule has 1 atom stereocenters. The maximum atomic E-state index is 11.0. The first-order chi connectivity index (χ1) is 6.09. The second kappa shape index (κ2) is 4.13. The summed E-state index contributed by atoms with van der Waals surface area (Å²) in [5.41, 5.74) is -1.10. The highest BCUT2D eigenvalue weighted by Crippen LogP contribution is 1.77. The van der Waals surface area contributed by atoms with E-state index in [2.05, 4.69) is 10.1 Å². The molecule has 1 unspecified atom stereocenters. The molecule has 1 N–H and O–H groups in total. The van der Waals surface area contributed by atoms with Crippen LogP contribution in [0.5, 0.6) is 0 Å². The Kier molecular flexibility index (Phi) is 3.13. The number of aromatic amines is 1. The number of hydrogen-bond donors (Lipinski definition) is 1. The number of nitrogens with zero attached hydrogens (tertiary/aromatic N) is 2. The summed E-state index contributed by atoms with van der Waals surface area (Å²) in [5.74, 6) is 0.346. The third kappa shape index (κ3) is 2.94. The highest BCUT2D eigenvalue weighted by molar-refractivity contribution is 7.84. The highest BCUT2D eigenvalue weighted by atomic mass is 32.2. The Morgan fingerprint density at radius 2 is 2.31 bits per heavy atom. The topological polar surface area (TPSA) is 84.8 Å². The normalized spacial score (nSPS) is 12.7. The highest BCUT2D eigenvalue weighted by Gasteiger charge is 1.98. The van der Waals surface area contributed by atoms with Crippen molar-refractivity contribution in [1.82, 2.24) is 14.8 Å². The van der Waals surface area contributed by atoms with E-state index in [4.69, 9.17) is 0 Å². The summed E-state index contributed by atoms with van der Waals surface area (Å²) in [6.45, 7) is 0.249. The van der Waals surface area contributed by atoms with Crippen molar-refractivity contribution in [3.8, 4) is 0 Å². The van der Waals surface area contributed by atoms with Gasteiger partial charge >= 0.3 is 5.69 Å². The van der Waals surface area contributed by atoms with Crippen molar-refractivity contribution in [1.29, 1.82) is 0 Å². The Hall–Kier alpha value is -1.24. The largest absolute Gasteiger partial charge is 0.344 e. The molecule has 1 rings (SSSR count). The van der Waals surface area contributed by atoms with Crippen LogP contribution in [0.1, 0.15) is 0 Å². The molecule has 13 heavy (non-hydrogen) atoms. The molecule has 0 radical (unpaired) electrons. The second-order valence-corrected chi connectivity index (χ2v) is 3.99. The van der Waals surface area contributed by atoms with E-state index in [-0.39, 0.29) is 6.54 Å². The first-order valence-corrected chi connectivity index (χ1v) is 5.29. The molecule has 0 aromatic carbocycles. The Morgan fingerprint density at radius 1 is 1.62 bits per heavy atom. The van der Waals surface area contributed by atoms with E-state index in [9.17, 15) is 13.8 Å². The maximum absolute atomic E-state index is 11.0. The number of rotatable bonds is 3. The predicted molar refractivity (Wildman–Crippen MR) is 48.1 cm³/mol. The second-order valence-electron chi connectivity index (χ2n) is 2.44. The van der Waals surface area contributed by atoms with Crippen LogP contribution in [-0.4, -0.2) is 31.0 Å². The summed E-state index contributed by atoms with van der Waals surface area (Å²) in [5, 5.41) is 3.58. The van der Waals surface area contributed by atoms with E-state index >= 15 is 0 Å². The van der Waals surface area contributed by atoms with Gasteiger partial charge in [0.25, 0.3) is 5.56 Å². The first-order valence-electron chi connectivity index (χ1n) is 3.56. The molecular formula is C6H9N3O3S. The molecule has 0 fully saturated rings. The Morgan fingerprint density at radius 3 is 2.85 bits per heavy atom. The lowest BCUT2D eigenvalue weighted by Gasteiger charge is -1.99. The molecule has 0 aliphatic carbocycles. The summed E-state index contributed by atoms with van der Waals surface area (Å²) >= 11 is 0. The van der Waals surface area contributed by atoms with Gasteiger partial charge in [0.1, 0.15) is 6.20 Å². The van der Waals surface area contributed by atoms with Gasteiger partial charge in [-0.1, -0.05) is 0 Å². The fourth-order valence-corrected chi connectivity index (χ4v) is 1.18. The quantitative estimate of drug-likeness (QED) is 0.635. The van der Waals surface area contributed by atoms with Gasteiger partial charge in [0.15, 0.2) is 0 Å². The number of nitrogens with one attached hydrogen (secondary N) is 1. The maximum Gasteiger partial charge on any atom is 0.344 e. The Balaban J connectivity index is 2.84. The van der Waals surface area contributed by atoms with Crippen molar-refractivity contribution in [2.45, 2.75) is 6.54 Å². The molecule has 0 spiro atoms. The van der Waals surface area contributed by atoms with Gasteiger partial charge in [-0.2, -0.15) is 5.10 Å². The third-order valence-electron chi connectivity index (χ3n) is 1.37. The molecule has 0 bridgehead atoms. The van der Waals surface area contributed by atoms with Crippen LogP contribution in [0.25, 0.3) is 0 Å². The van der Waals surface area contributed by atoms with Gasteiger partial charge in [0.05, 0.1) is 6.54 Å². The molecule has 0 saturated heterocycles. The Labute approximate surface area is 76.1 Å². The van der Waals surface area contributed by atoms with Gasteiger partial charge in [-0.05, 0) is 0 Å². The van der Waals surface area contributed by atoms with E-state index in [1.54, 1.807) is 0 Å². The molecule has 7 heteroatoms. The van der Waals surface area contributed by atoms with Gasteiger partial charge < -0.3 is 0 Å². The molecular weight excluding hydrogens is 194 g/mol. The van der Waals surface area contributed by atoms with Gasteiger partial charge in [0, 0.05) is 22.8 Å². The molecule has 6 nitrogen and oxygen atoms in total. The number of H-pyrrole nitrogens is 1. The van der Waals surface area contributed by atoms with E-state index in [0.717, 1.165) is 10.9 Å². The molecule has 0 aliphatic rings. The molecule has 0 amide bonds. The van der Waals surface area contributed by atoms with Gasteiger partial charge in [-0.15, -0.1) is 0 Å². The molecule has 0 saturated carbocycles. The SMILES string of the molecule is CS(=O)CCn1ncc(=O)[nH]c1=O. The minimum Gasteiger partial charge on any atom is -0.271 e. The lowest BCUT2D eigenvalue weighted by molar-refractivity contribution is 0.586. The van der Waals surface area contributed by atoms with Gasteiger partial charge in [-0.25, -0.2) is 9.48 Å². The van der Waals surface area contributed by atoms with Crippen LogP contribution >= 0.6 is 0 Å². The zero-order valence-corrected chi connectivity index (χ0v) is 7.84. The third-order valence-corrected chi connectivity index (χ3v) is 2.13. The summed E-state index contributed by atoms with van der Waals surface area (Å²) < 4.78 is 11.8. The Bertz CT molecular complexity index is 422. The molecule has 1 aromatic rings. The number of aryl methyl sites for hydroxylation is 1. The first kappa shape index (κ1) is 9.85. The monoisotopic (exact) mass is 203 g/mol. The zero-order valence-electron chi connectivity index (χ0n) is 7.02. The van der Waals surface area contributed by atoms with Crippen molar-refractivity contribution < 1.29 is 4.21 Å². The molecule has 0 aliphatic heterocycles. The van der Waals surface area contributed by atoms with Crippen molar-refractivity contribution in [3.05, 3.63) is 27.0 Å². The van der Waals surface area contributed by atoms with Gasteiger partial charge in [-0.3, -0.25) is 14.0 Å². The van der Waals surface area contributed by atoms with Crippen molar-refractivity contribution >= 4 is 10.8 Å². The van der Waals surface area contributed by atoms with Gasteiger partial charge in [0.2, 0.25) is 0 Å². The van der Waals surface area contributed by atoms with Crippen LogP contribution in [0.3, 0.4) is 0 Å². The smallest absolute Gasteiger partial charge is 0.271 e. The molecule has 72 valence electrons. The lowest BCUT2D eigenvalue weighted by Crippen LogP contribution is -2.32. The molecule has 1 heterocycles. The van der Waals surface area contributed by atoms with Crippen LogP contribution in [0.4, 0.5) is 0 Å². The minimum atomic E-state index is -0.971. The number of hydrogen-bond acceptors (Lipinski definition) is 4. The summed E-state index contributed by atoms with van der Waals surface area (Å²) in [6, 6.07) is 0. The zero-order chi connectivity index (χ0) is 9.84.